The molecule has 0 radical (unpaired) electrons. The topological polar surface area (TPSA) is 92.3 Å². The van der Waals surface area contributed by atoms with Crippen molar-refractivity contribution in [1.29, 1.82) is 0 Å². The lowest BCUT2D eigenvalue weighted by Gasteiger charge is -2.45. The molecule has 0 aromatic heterocycles. The molecule has 0 fully saturated rings. The largest absolute Gasteiger partial charge is 0.527 e. The zero-order valence-corrected chi connectivity index (χ0v) is 22.5. The lowest BCUT2D eigenvalue weighted by molar-refractivity contribution is -0.555. The van der Waals surface area contributed by atoms with Gasteiger partial charge in [-0.1, -0.05) is 0 Å². The van der Waals surface area contributed by atoms with Crippen molar-refractivity contribution in [3.8, 4) is 0 Å². The summed E-state index contributed by atoms with van der Waals surface area (Å²) in [5, 5.41) is -9.37. The molecule has 0 aromatic rings. The Morgan fingerprint density at radius 2 is 0.769 bits per heavy atom. The SMILES string of the molecule is CCOC(F)(F)OC(OC(F)(F)F)(OC(C)(C)OC)SC(OC(F)(F)F)(OC(C)(C)OC)OC(F)(F)OCC. The van der Waals surface area contributed by atoms with Crippen molar-refractivity contribution in [2.45, 2.75) is 89.0 Å². The molecule has 21 heteroatoms. The molecule has 236 valence electrons. The van der Waals surface area contributed by atoms with Crippen LogP contribution >= 0.6 is 11.8 Å². The van der Waals surface area contributed by atoms with Crippen LogP contribution in [0.3, 0.4) is 0 Å². The first-order valence-electron chi connectivity index (χ1n) is 10.4. The highest BCUT2D eigenvalue weighted by Crippen LogP contribution is 2.53. The molecule has 0 saturated heterocycles. The minimum absolute atomic E-state index is 0.756. The summed E-state index contributed by atoms with van der Waals surface area (Å²) in [6.07, 6.45) is -22.5. The predicted octanol–water partition coefficient (Wildman–Crippen LogP) is 6.02. The lowest BCUT2D eigenvalue weighted by atomic mass is 10.4. The standard InChI is InChI=1S/C18H28F10O10S/c1-9-31-15(25,26)37-17(35-13(19,20)21,33-11(3,4)29-7)39-18(36-14(22,23)24,34-12(5,6)30-8)38-16(27,28)32-10-2/h9-10H2,1-8H3. The van der Waals surface area contributed by atoms with Crippen molar-refractivity contribution in [1.82, 2.24) is 0 Å². The summed E-state index contributed by atoms with van der Waals surface area (Å²) >= 11 is -1.52. The Kier molecular flexibility index (Phi) is 13.2. The van der Waals surface area contributed by atoms with E-state index < -0.39 is 72.5 Å². The van der Waals surface area contributed by atoms with Gasteiger partial charge < -0.3 is 9.47 Å². The van der Waals surface area contributed by atoms with E-state index in [4.69, 9.17) is 9.47 Å². The molecule has 0 aliphatic rings. The van der Waals surface area contributed by atoms with Gasteiger partial charge in [-0.15, -0.1) is 43.9 Å². The molecule has 10 nitrogen and oxygen atoms in total. The molecular weight excluding hydrogens is 598 g/mol. The van der Waals surface area contributed by atoms with Gasteiger partial charge in [0.05, 0.1) is 13.2 Å². The molecular formula is C18H28F10O10S. The van der Waals surface area contributed by atoms with Crippen molar-refractivity contribution >= 4 is 11.8 Å². The van der Waals surface area contributed by atoms with Crippen LogP contribution in [-0.4, -0.2) is 74.9 Å². The van der Waals surface area contributed by atoms with E-state index in [2.05, 4.69) is 37.9 Å². The number of ether oxygens (including phenoxy) is 10. The zero-order valence-electron chi connectivity index (χ0n) is 21.7. The number of alkyl halides is 10. The highest BCUT2D eigenvalue weighted by Gasteiger charge is 2.66. The maximum Gasteiger partial charge on any atom is 0.527 e. The summed E-state index contributed by atoms with van der Waals surface area (Å²) < 4.78 is 180. The molecule has 0 rings (SSSR count). The van der Waals surface area contributed by atoms with Gasteiger partial charge in [0.1, 0.15) is 0 Å². The average Bonchev–Trinajstić information content (AvgIpc) is 2.62. The molecule has 0 bridgehead atoms. The smallest absolute Gasteiger partial charge is 0.353 e. The molecule has 2 atom stereocenters. The van der Waals surface area contributed by atoms with Crippen LogP contribution in [-0.2, 0) is 47.4 Å². The Hall–Kier alpha value is -0.750. The molecule has 0 spiro atoms. The van der Waals surface area contributed by atoms with Crippen molar-refractivity contribution in [3.63, 3.8) is 0 Å². The average molecular weight is 626 g/mol. The highest BCUT2D eigenvalue weighted by atomic mass is 32.2. The second-order valence-electron chi connectivity index (χ2n) is 7.61. The third kappa shape index (κ3) is 15.2. The van der Waals surface area contributed by atoms with Crippen molar-refractivity contribution < 1.29 is 91.3 Å². The first kappa shape index (κ1) is 38.2. The Morgan fingerprint density at radius 1 is 0.487 bits per heavy atom. The van der Waals surface area contributed by atoms with Crippen LogP contribution in [0.25, 0.3) is 0 Å². The van der Waals surface area contributed by atoms with E-state index in [0.717, 1.165) is 55.8 Å². The van der Waals surface area contributed by atoms with Gasteiger partial charge in [-0.05, 0) is 41.5 Å². The quantitative estimate of drug-likeness (QED) is 0.132. The summed E-state index contributed by atoms with van der Waals surface area (Å²) in [7, 11) is 1.51. The Morgan fingerprint density at radius 3 is 0.974 bits per heavy atom. The first-order chi connectivity index (χ1) is 17.2. The fraction of sp³-hybridized carbons (Fsp3) is 1.00. The number of methoxy groups -OCH3 is 2. The van der Waals surface area contributed by atoms with Crippen molar-refractivity contribution in [2.75, 3.05) is 27.4 Å². The van der Waals surface area contributed by atoms with E-state index in [0.29, 0.717) is 0 Å². The molecule has 0 aliphatic heterocycles. The number of hydrogen-bond acceptors (Lipinski definition) is 11. The predicted molar refractivity (Wildman–Crippen MR) is 107 cm³/mol. The van der Waals surface area contributed by atoms with E-state index >= 15 is 0 Å². The van der Waals surface area contributed by atoms with E-state index in [1.54, 1.807) is 0 Å². The van der Waals surface area contributed by atoms with Crippen molar-refractivity contribution in [3.05, 3.63) is 0 Å². The van der Waals surface area contributed by atoms with E-state index in [-0.39, 0.29) is 0 Å². The molecule has 0 aromatic carbocycles. The molecule has 0 amide bonds. The Labute approximate surface area is 220 Å². The van der Waals surface area contributed by atoms with Gasteiger partial charge in [-0.2, -0.15) is 0 Å². The Bertz CT molecular complexity index is 693. The maximum atomic E-state index is 14.4. The molecule has 0 N–H and O–H groups in total. The molecule has 0 saturated carbocycles. The van der Waals surface area contributed by atoms with Crippen LogP contribution in [0.15, 0.2) is 0 Å². The third-order valence-corrected chi connectivity index (χ3v) is 4.57. The van der Waals surface area contributed by atoms with Gasteiger partial charge in [0.15, 0.2) is 11.6 Å². The second-order valence-corrected chi connectivity index (χ2v) is 8.81. The maximum absolute atomic E-state index is 14.4. The van der Waals surface area contributed by atoms with Crippen LogP contribution in [0.1, 0.15) is 41.5 Å². The van der Waals surface area contributed by atoms with Gasteiger partial charge >= 0.3 is 35.9 Å². The highest BCUT2D eigenvalue weighted by molar-refractivity contribution is 8.01. The lowest BCUT2D eigenvalue weighted by Crippen LogP contribution is -2.58. The summed E-state index contributed by atoms with van der Waals surface area (Å²) in [4.78, 5) is 0. The number of rotatable bonds is 18. The zero-order chi connectivity index (χ0) is 31.2. The second kappa shape index (κ2) is 13.5. The van der Waals surface area contributed by atoms with Gasteiger partial charge in [-0.3, -0.25) is 18.9 Å². The van der Waals surface area contributed by atoms with Gasteiger partial charge in [0.25, 0.3) is 0 Å². The molecule has 2 unspecified atom stereocenters. The summed E-state index contributed by atoms with van der Waals surface area (Å²) in [6.45, 7) is 2.96. The number of hydrogen-bond donors (Lipinski definition) is 0. The summed E-state index contributed by atoms with van der Waals surface area (Å²) in [5.41, 5.74) is 0. The normalized spacial score (nSPS) is 17.7. The molecule has 39 heavy (non-hydrogen) atoms. The van der Waals surface area contributed by atoms with Crippen LogP contribution in [0, 0.1) is 0 Å². The summed E-state index contributed by atoms with van der Waals surface area (Å²) in [6, 6.07) is 0. The van der Waals surface area contributed by atoms with E-state index in [1.807, 2.05) is 0 Å². The van der Waals surface area contributed by atoms with E-state index in [1.165, 1.54) is 0 Å². The molecule has 0 aliphatic carbocycles. The Balaban J connectivity index is 7.52. The summed E-state index contributed by atoms with van der Waals surface area (Å²) in [5.74, 6) is -4.99. The van der Waals surface area contributed by atoms with Gasteiger partial charge in [-0.25, -0.2) is 18.9 Å². The van der Waals surface area contributed by atoms with Gasteiger partial charge in [0.2, 0.25) is 0 Å². The van der Waals surface area contributed by atoms with E-state index in [9.17, 15) is 43.9 Å². The number of halogens is 10. The monoisotopic (exact) mass is 626 g/mol. The van der Waals surface area contributed by atoms with Crippen molar-refractivity contribution in [2.24, 2.45) is 0 Å². The minimum Gasteiger partial charge on any atom is -0.353 e. The van der Waals surface area contributed by atoms with Crippen LogP contribution in [0.4, 0.5) is 43.9 Å². The van der Waals surface area contributed by atoms with Crippen LogP contribution in [0.5, 0.6) is 0 Å². The first-order valence-corrected chi connectivity index (χ1v) is 11.2. The third-order valence-electron chi connectivity index (χ3n) is 3.57. The number of thioether (sulfide) groups is 1. The van der Waals surface area contributed by atoms with Crippen LogP contribution < -0.4 is 0 Å². The molecule has 0 heterocycles. The van der Waals surface area contributed by atoms with Crippen LogP contribution in [0.2, 0.25) is 0 Å². The minimum atomic E-state index is -6.09. The fourth-order valence-electron chi connectivity index (χ4n) is 2.06. The van der Waals surface area contributed by atoms with Gasteiger partial charge in [0, 0.05) is 26.0 Å². The fourth-order valence-corrected chi connectivity index (χ4v) is 3.40.